The number of urea groups is 1. The van der Waals surface area contributed by atoms with Crippen molar-refractivity contribution in [1.29, 1.82) is 0 Å². The van der Waals surface area contributed by atoms with Gasteiger partial charge in [0.1, 0.15) is 5.69 Å². The van der Waals surface area contributed by atoms with Gasteiger partial charge in [0.15, 0.2) is 11.5 Å². The quantitative estimate of drug-likeness (QED) is 0.802. The zero-order chi connectivity index (χ0) is 17.4. The Labute approximate surface area is 143 Å². The Balaban J connectivity index is 1.40. The van der Waals surface area contributed by atoms with Crippen LogP contribution in [0.3, 0.4) is 0 Å². The molecule has 2 aliphatic heterocycles. The third-order valence-electron chi connectivity index (χ3n) is 4.58. The molecule has 2 N–H and O–H groups in total. The van der Waals surface area contributed by atoms with Crippen molar-refractivity contribution in [3.63, 3.8) is 0 Å². The standard InChI is InChI=1S/C16H17N5O4/c22-14-9-17-16(24)21(14)10-3-5-20(6-4-10)15(23)12-8-11(18-19-12)13-2-1-7-25-13/h1-2,7-8,10H,3-6,9H2,(H,17,24)(H,18,19). The number of amides is 4. The van der Waals surface area contributed by atoms with Crippen molar-refractivity contribution in [1.82, 2.24) is 25.3 Å². The first-order valence-corrected chi connectivity index (χ1v) is 8.12. The van der Waals surface area contributed by atoms with Gasteiger partial charge in [0, 0.05) is 25.2 Å². The van der Waals surface area contributed by atoms with Crippen molar-refractivity contribution >= 4 is 17.8 Å². The van der Waals surface area contributed by atoms with Crippen LogP contribution in [0.1, 0.15) is 23.3 Å². The van der Waals surface area contributed by atoms with Crippen molar-refractivity contribution in [3.05, 3.63) is 30.2 Å². The summed E-state index contributed by atoms with van der Waals surface area (Å²) in [4.78, 5) is 39.1. The summed E-state index contributed by atoms with van der Waals surface area (Å²) in [5.41, 5.74) is 0.961. The number of piperidine rings is 1. The highest BCUT2D eigenvalue weighted by Gasteiger charge is 2.37. The van der Waals surface area contributed by atoms with E-state index in [1.807, 2.05) is 0 Å². The molecular formula is C16H17N5O4. The number of likely N-dealkylation sites (tertiary alicyclic amines) is 1. The molecule has 25 heavy (non-hydrogen) atoms. The third kappa shape index (κ3) is 2.77. The average molecular weight is 343 g/mol. The summed E-state index contributed by atoms with van der Waals surface area (Å²) in [7, 11) is 0. The molecule has 0 aliphatic carbocycles. The molecule has 2 aromatic rings. The van der Waals surface area contributed by atoms with Gasteiger partial charge < -0.3 is 14.6 Å². The second-order valence-electron chi connectivity index (χ2n) is 6.09. The molecule has 9 nitrogen and oxygen atoms in total. The lowest BCUT2D eigenvalue weighted by molar-refractivity contribution is -0.127. The summed E-state index contributed by atoms with van der Waals surface area (Å²) in [6, 6.07) is 4.70. The van der Waals surface area contributed by atoms with Gasteiger partial charge in [-0.2, -0.15) is 5.10 Å². The van der Waals surface area contributed by atoms with Crippen LogP contribution in [0.25, 0.3) is 11.5 Å². The van der Waals surface area contributed by atoms with E-state index in [0.717, 1.165) is 0 Å². The molecule has 2 aromatic heterocycles. The van der Waals surface area contributed by atoms with Gasteiger partial charge in [-0.3, -0.25) is 19.6 Å². The molecule has 4 heterocycles. The fraction of sp³-hybridized carbons (Fsp3) is 0.375. The SMILES string of the molecule is O=C(c1cc(-c2ccco2)[nH]n1)N1CCC(N2C(=O)CNC2=O)CC1. The van der Waals surface area contributed by atoms with E-state index < -0.39 is 0 Å². The van der Waals surface area contributed by atoms with E-state index in [-0.39, 0.29) is 30.4 Å². The molecule has 0 radical (unpaired) electrons. The third-order valence-corrected chi connectivity index (χ3v) is 4.58. The predicted octanol–water partition coefficient (Wildman–Crippen LogP) is 0.826. The summed E-state index contributed by atoms with van der Waals surface area (Å²) >= 11 is 0. The Bertz CT molecular complexity index is 788. The summed E-state index contributed by atoms with van der Waals surface area (Å²) in [5.74, 6) is 0.235. The first-order valence-electron chi connectivity index (χ1n) is 8.12. The number of carbonyl (C=O) groups excluding carboxylic acids is 3. The number of imide groups is 1. The van der Waals surface area contributed by atoms with E-state index in [4.69, 9.17) is 4.42 Å². The monoisotopic (exact) mass is 343 g/mol. The summed E-state index contributed by atoms with van der Waals surface area (Å²) < 4.78 is 5.28. The summed E-state index contributed by atoms with van der Waals surface area (Å²) in [5, 5.41) is 9.39. The number of H-pyrrole nitrogens is 1. The van der Waals surface area contributed by atoms with Gasteiger partial charge in [-0.15, -0.1) is 0 Å². The largest absolute Gasteiger partial charge is 0.463 e. The van der Waals surface area contributed by atoms with Crippen LogP contribution >= 0.6 is 0 Å². The van der Waals surface area contributed by atoms with Crippen LogP contribution in [-0.4, -0.2) is 63.5 Å². The van der Waals surface area contributed by atoms with Crippen LogP contribution in [-0.2, 0) is 4.79 Å². The van der Waals surface area contributed by atoms with Gasteiger partial charge in [0.25, 0.3) is 5.91 Å². The highest BCUT2D eigenvalue weighted by molar-refractivity contribution is 6.02. The molecule has 0 atom stereocenters. The zero-order valence-corrected chi connectivity index (χ0v) is 13.4. The molecule has 4 amide bonds. The molecule has 0 saturated carbocycles. The second-order valence-corrected chi connectivity index (χ2v) is 6.09. The van der Waals surface area contributed by atoms with Crippen molar-refractivity contribution in [2.45, 2.75) is 18.9 Å². The normalized spacial score (nSPS) is 18.7. The molecule has 0 bridgehead atoms. The van der Waals surface area contributed by atoms with Gasteiger partial charge in [-0.25, -0.2) is 4.79 Å². The number of hydrogen-bond acceptors (Lipinski definition) is 5. The minimum Gasteiger partial charge on any atom is -0.463 e. The zero-order valence-electron chi connectivity index (χ0n) is 13.4. The van der Waals surface area contributed by atoms with Crippen LogP contribution < -0.4 is 5.32 Å². The van der Waals surface area contributed by atoms with E-state index >= 15 is 0 Å². The molecule has 0 spiro atoms. The summed E-state index contributed by atoms with van der Waals surface area (Å²) in [6.45, 7) is 1.01. The average Bonchev–Trinajstić information content (AvgIpc) is 3.35. The maximum atomic E-state index is 12.6. The molecule has 2 aliphatic rings. The number of rotatable bonds is 3. The first kappa shape index (κ1) is 15.4. The van der Waals surface area contributed by atoms with Crippen LogP contribution in [0.15, 0.2) is 28.9 Å². The lowest BCUT2D eigenvalue weighted by Gasteiger charge is -2.34. The maximum absolute atomic E-state index is 12.6. The van der Waals surface area contributed by atoms with E-state index in [0.29, 0.717) is 43.1 Å². The lowest BCUT2D eigenvalue weighted by atomic mass is 10.0. The Morgan fingerprint density at radius 2 is 2.08 bits per heavy atom. The number of aromatic amines is 1. The molecule has 130 valence electrons. The van der Waals surface area contributed by atoms with Gasteiger partial charge in [0.2, 0.25) is 5.91 Å². The van der Waals surface area contributed by atoms with Crippen molar-refractivity contribution in [2.24, 2.45) is 0 Å². The van der Waals surface area contributed by atoms with Crippen LogP contribution in [0.2, 0.25) is 0 Å². The van der Waals surface area contributed by atoms with E-state index in [1.165, 1.54) is 4.90 Å². The number of carbonyl (C=O) groups is 3. The number of aromatic nitrogens is 2. The topological polar surface area (TPSA) is 112 Å². The van der Waals surface area contributed by atoms with Crippen molar-refractivity contribution < 1.29 is 18.8 Å². The Hall–Kier alpha value is -3.10. The van der Waals surface area contributed by atoms with Crippen molar-refractivity contribution in [2.75, 3.05) is 19.6 Å². The molecule has 2 fully saturated rings. The van der Waals surface area contributed by atoms with Crippen LogP contribution in [0, 0.1) is 0 Å². The smallest absolute Gasteiger partial charge is 0.324 e. The number of nitrogens with one attached hydrogen (secondary N) is 2. The molecule has 2 saturated heterocycles. The number of furan rings is 1. The van der Waals surface area contributed by atoms with Gasteiger partial charge >= 0.3 is 6.03 Å². The molecular weight excluding hydrogens is 326 g/mol. The summed E-state index contributed by atoms with van der Waals surface area (Å²) in [6.07, 6.45) is 2.69. The molecule has 9 heteroatoms. The van der Waals surface area contributed by atoms with Gasteiger partial charge in [-0.05, 0) is 25.0 Å². The molecule has 4 rings (SSSR count). The molecule has 0 unspecified atom stereocenters. The minimum atomic E-state index is -0.342. The Morgan fingerprint density at radius 1 is 1.28 bits per heavy atom. The first-order chi connectivity index (χ1) is 12.1. The van der Waals surface area contributed by atoms with Gasteiger partial charge in [-0.1, -0.05) is 0 Å². The number of nitrogens with zero attached hydrogens (tertiary/aromatic N) is 3. The second kappa shape index (κ2) is 6.08. The fourth-order valence-electron chi connectivity index (χ4n) is 3.28. The lowest BCUT2D eigenvalue weighted by Crippen LogP contribution is -2.49. The number of hydrogen-bond donors (Lipinski definition) is 2. The van der Waals surface area contributed by atoms with E-state index in [1.54, 1.807) is 29.4 Å². The van der Waals surface area contributed by atoms with Gasteiger partial charge in [0.05, 0.1) is 12.8 Å². The van der Waals surface area contributed by atoms with Crippen LogP contribution in [0.5, 0.6) is 0 Å². The van der Waals surface area contributed by atoms with E-state index in [2.05, 4.69) is 15.5 Å². The Morgan fingerprint density at radius 3 is 2.72 bits per heavy atom. The fourth-order valence-corrected chi connectivity index (χ4v) is 3.28. The molecule has 0 aromatic carbocycles. The Kier molecular flexibility index (Phi) is 3.75. The van der Waals surface area contributed by atoms with E-state index in [9.17, 15) is 14.4 Å². The highest BCUT2D eigenvalue weighted by atomic mass is 16.3. The highest BCUT2D eigenvalue weighted by Crippen LogP contribution is 2.22. The maximum Gasteiger partial charge on any atom is 0.324 e. The van der Waals surface area contributed by atoms with Crippen LogP contribution in [0.4, 0.5) is 4.79 Å². The predicted molar refractivity (Wildman–Crippen MR) is 85.5 cm³/mol. The van der Waals surface area contributed by atoms with Crippen molar-refractivity contribution in [3.8, 4) is 11.5 Å². The minimum absolute atomic E-state index is 0.0564.